The zero-order chi connectivity index (χ0) is 13.3. The van der Waals surface area contributed by atoms with Gasteiger partial charge in [0.1, 0.15) is 5.15 Å². The number of hydrogen-bond acceptors (Lipinski definition) is 4. The third-order valence-corrected chi connectivity index (χ3v) is 3.72. The van der Waals surface area contributed by atoms with Crippen LogP contribution in [0.25, 0.3) is 0 Å². The first-order valence-corrected chi connectivity index (χ1v) is 6.75. The molecule has 6 heteroatoms. The highest BCUT2D eigenvalue weighted by atomic mass is 35.5. The molecule has 1 amide bonds. The molecule has 5 nitrogen and oxygen atoms in total. The number of ether oxygens (including phenoxy) is 2. The summed E-state index contributed by atoms with van der Waals surface area (Å²) in [6, 6.07) is 3.31. The molecule has 2 fully saturated rings. The van der Waals surface area contributed by atoms with E-state index in [4.69, 9.17) is 21.1 Å². The number of piperidine rings is 1. The van der Waals surface area contributed by atoms with E-state index in [1.807, 2.05) is 0 Å². The van der Waals surface area contributed by atoms with Crippen LogP contribution in [0, 0.1) is 0 Å². The van der Waals surface area contributed by atoms with Gasteiger partial charge in [-0.15, -0.1) is 0 Å². The second-order valence-corrected chi connectivity index (χ2v) is 5.19. The number of carbonyl (C=O) groups is 1. The van der Waals surface area contributed by atoms with Gasteiger partial charge in [-0.2, -0.15) is 0 Å². The number of rotatable bonds is 1. The monoisotopic (exact) mass is 282 g/mol. The summed E-state index contributed by atoms with van der Waals surface area (Å²) in [6.07, 6.45) is 3.23. The molecule has 19 heavy (non-hydrogen) atoms. The molecule has 0 atom stereocenters. The van der Waals surface area contributed by atoms with Crippen LogP contribution >= 0.6 is 11.6 Å². The maximum absolute atomic E-state index is 12.4. The van der Waals surface area contributed by atoms with Crippen molar-refractivity contribution in [1.29, 1.82) is 0 Å². The average Bonchev–Trinajstić information content (AvgIpc) is 2.87. The Morgan fingerprint density at radius 2 is 2.16 bits per heavy atom. The van der Waals surface area contributed by atoms with E-state index in [0.29, 0.717) is 30.5 Å². The van der Waals surface area contributed by atoms with Gasteiger partial charge in [-0.3, -0.25) is 4.79 Å². The molecular weight excluding hydrogens is 268 g/mol. The number of likely N-dealkylation sites (tertiary alicyclic amines) is 1. The quantitative estimate of drug-likeness (QED) is 0.736. The first-order chi connectivity index (χ1) is 9.19. The minimum atomic E-state index is -0.590. The van der Waals surface area contributed by atoms with Crippen molar-refractivity contribution in [3.05, 3.63) is 29.0 Å². The predicted molar refractivity (Wildman–Crippen MR) is 69.0 cm³/mol. The number of amides is 1. The summed E-state index contributed by atoms with van der Waals surface area (Å²) in [6.45, 7) is 2.40. The lowest BCUT2D eigenvalue weighted by atomic mass is 10.0. The molecule has 0 aromatic carbocycles. The van der Waals surface area contributed by atoms with Crippen LogP contribution in [0.2, 0.25) is 5.15 Å². The zero-order valence-corrected chi connectivity index (χ0v) is 11.2. The highest BCUT2D eigenvalue weighted by Gasteiger charge is 2.42. The lowest BCUT2D eigenvalue weighted by Crippen LogP contribution is -2.51. The number of hydrogen-bond donors (Lipinski definition) is 0. The highest BCUT2D eigenvalue weighted by molar-refractivity contribution is 6.29. The molecule has 1 aromatic heterocycles. The molecule has 2 aliphatic heterocycles. The Kier molecular flexibility index (Phi) is 3.43. The zero-order valence-electron chi connectivity index (χ0n) is 10.5. The van der Waals surface area contributed by atoms with Crippen LogP contribution in [0.5, 0.6) is 0 Å². The Morgan fingerprint density at radius 3 is 2.84 bits per heavy atom. The Balaban J connectivity index is 1.74. The van der Waals surface area contributed by atoms with Crippen molar-refractivity contribution < 1.29 is 14.3 Å². The summed E-state index contributed by atoms with van der Waals surface area (Å²) in [7, 11) is 0. The van der Waals surface area contributed by atoms with E-state index in [9.17, 15) is 4.79 Å². The summed E-state index contributed by atoms with van der Waals surface area (Å²) in [4.78, 5) is 18.1. The van der Waals surface area contributed by atoms with Gasteiger partial charge in [0.15, 0.2) is 5.79 Å². The van der Waals surface area contributed by atoms with Crippen LogP contribution in [0.4, 0.5) is 0 Å². The van der Waals surface area contributed by atoms with Crippen LogP contribution in [0.15, 0.2) is 18.3 Å². The first kappa shape index (κ1) is 12.8. The van der Waals surface area contributed by atoms with E-state index in [2.05, 4.69) is 4.98 Å². The van der Waals surface area contributed by atoms with E-state index in [1.54, 1.807) is 17.0 Å². The van der Waals surface area contributed by atoms with Gasteiger partial charge in [0.25, 0.3) is 5.91 Å². The molecule has 3 rings (SSSR count). The molecule has 2 saturated heterocycles. The summed E-state index contributed by atoms with van der Waals surface area (Å²) in [5, 5.41) is 0.383. The molecular formula is C13H15ClN2O3. The smallest absolute Gasteiger partial charge is 0.255 e. The van der Waals surface area contributed by atoms with E-state index >= 15 is 0 Å². The maximum atomic E-state index is 12.4. The Bertz CT molecular complexity index is 471. The second kappa shape index (κ2) is 5.07. The lowest BCUT2D eigenvalue weighted by molar-refractivity contribution is -0.183. The van der Waals surface area contributed by atoms with E-state index in [1.165, 1.54) is 6.20 Å². The molecule has 0 unspecified atom stereocenters. The van der Waals surface area contributed by atoms with Crippen LogP contribution in [-0.4, -0.2) is 47.9 Å². The van der Waals surface area contributed by atoms with E-state index < -0.39 is 5.79 Å². The molecule has 0 radical (unpaired) electrons. The first-order valence-electron chi connectivity index (χ1n) is 6.37. The normalized spacial score (nSPS) is 21.8. The Hall–Kier alpha value is -1.17. The van der Waals surface area contributed by atoms with Gasteiger partial charge < -0.3 is 14.4 Å². The van der Waals surface area contributed by atoms with Crippen molar-refractivity contribution >= 4 is 17.5 Å². The van der Waals surface area contributed by atoms with Gasteiger partial charge in [0.05, 0.1) is 25.3 Å². The largest absolute Gasteiger partial charge is 0.346 e. The van der Waals surface area contributed by atoms with Crippen molar-refractivity contribution in [2.75, 3.05) is 26.3 Å². The third kappa shape index (κ3) is 2.59. The molecule has 1 aromatic rings. The van der Waals surface area contributed by atoms with Gasteiger partial charge >= 0.3 is 0 Å². The molecule has 2 aliphatic rings. The fraction of sp³-hybridized carbons (Fsp3) is 0.538. The van der Waals surface area contributed by atoms with Gasteiger partial charge in [-0.25, -0.2) is 4.98 Å². The maximum Gasteiger partial charge on any atom is 0.255 e. The number of halogens is 1. The summed E-state index contributed by atoms with van der Waals surface area (Å²) >= 11 is 5.72. The highest BCUT2D eigenvalue weighted by Crippen LogP contribution is 2.30. The van der Waals surface area contributed by atoms with Crippen molar-refractivity contribution in [3.8, 4) is 0 Å². The van der Waals surface area contributed by atoms with Crippen molar-refractivity contribution in [2.45, 2.75) is 18.6 Å². The number of aromatic nitrogens is 1. The molecule has 0 bridgehead atoms. The molecule has 0 N–H and O–H groups in total. The topological polar surface area (TPSA) is 51.7 Å². The number of nitrogens with zero attached hydrogens (tertiary/aromatic N) is 2. The predicted octanol–water partition coefficient (Wildman–Crippen LogP) is 1.71. The molecule has 3 heterocycles. The Labute approximate surface area is 116 Å². The molecule has 1 spiro atoms. The van der Waals surface area contributed by atoms with Gasteiger partial charge in [0.2, 0.25) is 0 Å². The third-order valence-electron chi connectivity index (χ3n) is 3.49. The molecule has 0 saturated carbocycles. The Morgan fingerprint density at radius 1 is 1.37 bits per heavy atom. The van der Waals surface area contributed by atoms with E-state index in [0.717, 1.165) is 19.4 Å². The summed E-state index contributed by atoms with van der Waals surface area (Å²) in [5.41, 5.74) is 0.541. The summed E-state index contributed by atoms with van der Waals surface area (Å²) < 4.78 is 11.3. The average molecular weight is 283 g/mol. The minimum absolute atomic E-state index is 0.0534. The fourth-order valence-corrected chi connectivity index (χ4v) is 2.69. The minimum Gasteiger partial charge on any atom is -0.346 e. The van der Waals surface area contributed by atoms with Gasteiger partial charge in [0, 0.05) is 19.2 Å². The van der Waals surface area contributed by atoms with Crippen molar-refractivity contribution in [2.24, 2.45) is 0 Å². The second-order valence-electron chi connectivity index (χ2n) is 4.81. The van der Waals surface area contributed by atoms with Crippen molar-refractivity contribution in [1.82, 2.24) is 9.88 Å². The number of carbonyl (C=O) groups excluding carboxylic acids is 1. The molecule has 0 aliphatic carbocycles. The van der Waals surface area contributed by atoms with Crippen LogP contribution in [0.3, 0.4) is 0 Å². The van der Waals surface area contributed by atoms with Gasteiger partial charge in [-0.05, 0) is 18.6 Å². The number of pyridine rings is 1. The summed E-state index contributed by atoms with van der Waals surface area (Å²) in [5.74, 6) is -0.643. The van der Waals surface area contributed by atoms with Crippen molar-refractivity contribution in [3.63, 3.8) is 0 Å². The van der Waals surface area contributed by atoms with Crippen LogP contribution < -0.4 is 0 Å². The standard InChI is InChI=1S/C13H15ClN2O3/c14-11-3-2-10(8-15-11)12(17)16-5-1-4-13(9-16)18-6-7-19-13/h2-3,8H,1,4-7,9H2. The van der Waals surface area contributed by atoms with E-state index in [-0.39, 0.29) is 5.91 Å². The SMILES string of the molecule is O=C(c1ccc(Cl)nc1)N1CCCC2(C1)OCCO2. The van der Waals surface area contributed by atoms with Crippen LogP contribution in [-0.2, 0) is 9.47 Å². The van der Waals surface area contributed by atoms with Gasteiger partial charge in [-0.1, -0.05) is 11.6 Å². The van der Waals surface area contributed by atoms with Crippen LogP contribution in [0.1, 0.15) is 23.2 Å². The lowest BCUT2D eigenvalue weighted by Gasteiger charge is -2.38. The molecule has 102 valence electrons. The fourth-order valence-electron chi connectivity index (χ4n) is 2.58.